The number of benzene rings is 1. The molecule has 25 heavy (non-hydrogen) atoms. The molecular weight excluding hydrogens is 396 g/mol. The van der Waals surface area contributed by atoms with Crippen molar-refractivity contribution < 1.29 is 4.79 Å². The van der Waals surface area contributed by atoms with Crippen molar-refractivity contribution in [2.75, 3.05) is 26.2 Å². The van der Waals surface area contributed by atoms with Crippen molar-refractivity contribution in [3.63, 3.8) is 0 Å². The highest BCUT2D eigenvalue weighted by Crippen LogP contribution is 2.31. The maximum atomic E-state index is 12.3. The van der Waals surface area contributed by atoms with Gasteiger partial charge in [-0.15, -0.1) is 11.3 Å². The average molecular weight is 419 g/mol. The average Bonchev–Trinajstić information content (AvgIpc) is 3.03. The number of carbonyl (C=O) groups excluding carboxylic acids is 1. The van der Waals surface area contributed by atoms with E-state index in [-0.39, 0.29) is 0 Å². The van der Waals surface area contributed by atoms with E-state index in [9.17, 15) is 4.79 Å². The lowest BCUT2D eigenvalue weighted by molar-refractivity contribution is -0.140. The molecule has 3 nitrogen and oxygen atoms in total. The summed E-state index contributed by atoms with van der Waals surface area (Å²) in [6, 6.07) is 13.0. The van der Waals surface area contributed by atoms with Gasteiger partial charge in [-0.2, -0.15) is 0 Å². The lowest BCUT2D eigenvalue weighted by atomic mass is 9.84. The van der Waals surface area contributed by atoms with Crippen molar-refractivity contribution in [3.8, 4) is 10.4 Å². The van der Waals surface area contributed by atoms with Gasteiger partial charge in [0, 0.05) is 52.9 Å². The normalized spacial score (nSPS) is 19.0. The van der Waals surface area contributed by atoms with Gasteiger partial charge in [-0.25, -0.2) is 0 Å². The molecule has 0 radical (unpaired) electrons. The van der Waals surface area contributed by atoms with Gasteiger partial charge in [-0.1, -0.05) is 34.5 Å². The first-order valence-electron chi connectivity index (χ1n) is 9.05. The first kappa shape index (κ1) is 17.3. The van der Waals surface area contributed by atoms with E-state index in [1.807, 2.05) is 11.3 Å². The van der Waals surface area contributed by atoms with Crippen LogP contribution in [0.15, 0.2) is 40.9 Å². The van der Waals surface area contributed by atoms with Crippen LogP contribution in [0.4, 0.5) is 0 Å². The first-order valence-corrected chi connectivity index (χ1v) is 10.7. The molecule has 0 N–H and O–H groups in total. The second kappa shape index (κ2) is 7.60. The van der Waals surface area contributed by atoms with Crippen LogP contribution in [0.5, 0.6) is 0 Å². The fourth-order valence-corrected chi connectivity index (χ4v) is 4.81. The summed E-state index contributed by atoms with van der Waals surface area (Å²) < 4.78 is 1.11. The number of piperazine rings is 1. The largest absolute Gasteiger partial charge is 0.340 e. The Hall–Kier alpha value is -1.17. The number of rotatable bonds is 4. The molecule has 2 heterocycles. The Labute approximate surface area is 161 Å². The third-order valence-electron chi connectivity index (χ3n) is 5.31. The topological polar surface area (TPSA) is 23.6 Å². The molecule has 0 spiro atoms. The maximum absolute atomic E-state index is 12.3. The molecule has 1 saturated carbocycles. The number of hydrogen-bond acceptors (Lipinski definition) is 3. The molecule has 0 unspecified atom stereocenters. The Kier molecular flexibility index (Phi) is 5.25. The van der Waals surface area contributed by atoms with Crippen molar-refractivity contribution in [3.05, 3.63) is 45.7 Å². The molecule has 2 fully saturated rings. The van der Waals surface area contributed by atoms with E-state index >= 15 is 0 Å². The smallest absolute Gasteiger partial charge is 0.225 e. The summed E-state index contributed by atoms with van der Waals surface area (Å²) >= 11 is 5.36. The molecule has 132 valence electrons. The van der Waals surface area contributed by atoms with Crippen LogP contribution in [0.3, 0.4) is 0 Å². The summed E-state index contributed by atoms with van der Waals surface area (Å²) in [6.07, 6.45) is 3.44. The quantitative estimate of drug-likeness (QED) is 0.722. The van der Waals surface area contributed by atoms with Crippen LogP contribution in [0.25, 0.3) is 10.4 Å². The molecule has 1 aromatic heterocycles. The lowest BCUT2D eigenvalue weighted by Crippen LogP contribution is -2.50. The molecule has 5 heteroatoms. The van der Waals surface area contributed by atoms with Crippen LogP contribution in [0, 0.1) is 5.92 Å². The van der Waals surface area contributed by atoms with Crippen LogP contribution in [-0.2, 0) is 11.3 Å². The molecule has 1 saturated heterocycles. The molecule has 2 aromatic rings. The Morgan fingerprint density at radius 1 is 1.04 bits per heavy atom. The van der Waals surface area contributed by atoms with Gasteiger partial charge in [0.25, 0.3) is 0 Å². The molecule has 0 atom stereocenters. The third kappa shape index (κ3) is 3.99. The van der Waals surface area contributed by atoms with E-state index in [1.165, 1.54) is 21.7 Å². The number of thiophene rings is 1. The van der Waals surface area contributed by atoms with Crippen LogP contribution >= 0.6 is 27.3 Å². The van der Waals surface area contributed by atoms with Gasteiger partial charge in [0.05, 0.1) is 0 Å². The zero-order valence-electron chi connectivity index (χ0n) is 14.3. The molecule has 1 aromatic carbocycles. The maximum Gasteiger partial charge on any atom is 0.225 e. The van der Waals surface area contributed by atoms with Gasteiger partial charge in [0.15, 0.2) is 0 Å². The highest BCUT2D eigenvalue weighted by Gasteiger charge is 2.31. The summed E-state index contributed by atoms with van der Waals surface area (Å²) in [5.41, 5.74) is 1.27. The van der Waals surface area contributed by atoms with E-state index in [0.717, 1.165) is 50.0 Å². The van der Waals surface area contributed by atoms with Gasteiger partial charge >= 0.3 is 0 Å². The second-order valence-electron chi connectivity index (χ2n) is 7.00. The highest BCUT2D eigenvalue weighted by atomic mass is 79.9. The minimum absolute atomic E-state index is 0.331. The molecule has 0 bridgehead atoms. The minimum Gasteiger partial charge on any atom is -0.340 e. The fraction of sp³-hybridized carbons (Fsp3) is 0.450. The zero-order valence-corrected chi connectivity index (χ0v) is 16.7. The molecular formula is C20H23BrN2OS. The van der Waals surface area contributed by atoms with Crippen LogP contribution in [-0.4, -0.2) is 41.9 Å². The minimum atomic E-state index is 0.331. The predicted molar refractivity (Wildman–Crippen MR) is 107 cm³/mol. The van der Waals surface area contributed by atoms with Crippen molar-refractivity contribution in [2.45, 2.75) is 25.8 Å². The monoisotopic (exact) mass is 418 g/mol. The number of nitrogens with zero attached hydrogens (tertiary/aromatic N) is 2. The summed E-state index contributed by atoms with van der Waals surface area (Å²) in [6.45, 7) is 4.75. The highest BCUT2D eigenvalue weighted by molar-refractivity contribution is 9.10. The number of hydrogen-bond donors (Lipinski definition) is 0. The van der Waals surface area contributed by atoms with Crippen molar-refractivity contribution in [1.29, 1.82) is 0 Å². The Morgan fingerprint density at radius 2 is 1.76 bits per heavy atom. The van der Waals surface area contributed by atoms with Crippen molar-refractivity contribution in [2.24, 2.45) is 5.92 Å². The van der Waals surface area contributed by atoms with Gasteiger partial charge in [-0.05, 0) is 42.7 Å². The Morgan fingerprint density at radius 3 is 2.40 bits per heavy atom. The predicted octanol–water partition coefficient (Wildman–Crippen LogP) is 4.62. The number of amides is 1. The Bertz CT molecular complexity index is 730. The van der Waals surface area contributed by atoms with E-state index in [4.69, 9.17) is 0 Å². The van der Waals surface area contributed by atoms with Gasteiger partial charge < -0.3 is 4.90 Å². The van der Waals surface area contributed by atoms with E-state index in [1.54, 1.807) is 0 Å². The van der Waals surface area contributed by atoms with Crippen LogP contribution < -0.4 is 0 Å². The van der Waals surface area contributed by atoms with Crippen molar-refractivity contribution >= 4 is 33.2 Å². The SMILES string of the molecule is O=C(C1CCC1)N1CCN(Cc2ccc(-c3ccc(Br)cc3)s2)CC1. The Balaban J connectivity index is 1.31. The van der Waals surface area contributed by atoms with Gasteiger partial charge in [0.2, 0.25) is 5.91 Å². The second-order valence-corrected chi connectivity index (χ2v) is 9.09. The van der Waals surface area contributed by atoms with Crippen molar-refractivity contribution in [1.82, 2.24) is 9.80 Å². The molecule has 1 aliphatic carbocycles. The fourth-order valence-electron chi connectivity index (χ4n) is 3.49. The van der Waals surface area contributed by atoms with E-state index in [2.05, 4.69) is 62.1 Å². The van der Waals surface area contributed by atoms with E-state index in [0.29, 0.717) is 11.8 Å². The molecule has 1 amide bonds. The standard InChI is InChI=1S/C20H23BrN2OS/c21-17-6-4-15(5-7-17)19-9-8-18(25-19)14-22-10-12-23(13-11-22)20(24)16-2-1-3-16/h4-9,16H,1-3,10-14H2. The summed E-state index contributed by atoms with van der Waals surface area (Å²) in [4.78, 5) is 19.6. The van der Waals surface area contributed by atoms with E-state index < -0.39 is 0 Å². The zero-order chi connectivity index (χ0) is 17.2. The van der Waals surface area contributed by atoms with Crippen LogP contribution in [0.2, 0.25) is 0 Å². The molecule has 4 rings (SSSR count). The summed E-state index contributed by atoms with van der Waals surface area (Å²) in [5, 5.41) is 0. The molecule has 1 aliphatic heterocycles. The summed E-state index contributed by atoms with van der Waals surface area (Å²) in [5.74, 6) is 0.733. The first-order chi connectivity index (χ1) is 12.2. The number of halogens is 1. The van der Waals surface area contributed by atoms with Gasteiger partial charge in [0.1, 0.15) is 0 Å². The van der Waals surface area contributed by atoms with Gasteiger partial charge in [-0.3, -0.25) is 9.69 Å². The summed E-state index contributed by atoms with van der Waals surface area (Å²) in [7, 11) is 0. The lowest BCUT2D eigenvalue weighted by Gasteiger charge is -2.38. The number of carbonyl (C=O) groups is 1. The van der Waals surface area contributed by atoms with Crippen LogP contribution in [0.1, 0.15) is 24.1 Å². The molecule has 2 aliphatic rings. The third-order valence-corrected chi connectivity index (χ3v) is 6.96.